The van der Waals surface area contributed by atoms with E-state index in [0.717, 1.165) is 12.1 Å². The van der Waals surface area contributed by atoms with E-state index in [-0.39, 0.29) is 46.4 Å². The van der Waals surface area contributed by atoms with Crippen LogP contribution in [0.4, 0.5) is 5.69 Å². The second-order valence-corrected chi connectivity index (χ2v) is 7.32. The Morgan fingerprint density at radius 2 is 1.72 bits per heavy atom. The minimum atomic E-state index is -4.28. The number of hydrogen-bond donors (Lipinski definition) is 3. The third-order valence-corrected chi connectivity index (χ3v) is 5.08. The maximum Gasteiger partial charge on any atom is 0.337 e. The third-order valence-electron chi connectivity index (χ3n) is 3.71. The number of aromatic carboxylic acids is 2. The Balaban J connectivity index is 2.48. The lowest BCUT2D eigenvalue weighted by Crippen LogP contribution is -2.17. The predicted octanol–water partition coefficient (Wildman–Crippen LogP) is 1.92. The summed E-state index contributed by atoms with van der Waals surface area (Å²) in [4.78, 5) is 22.3. The monoisotopic (exact) mass is 425 g/mol. The van der Waals surface area contributed by atoms with Crippen molar-refractivity contribution in [1.29, 1.82) is 0 Å². The van der Waals surface area contributed by atoms with Crippen LogP contribution in [0.5, 0.6) is 11.5 Å². The first-order chi connectivity index (χ1) is 13.7. The molecule has 0 fully saturated rings. The molecular weight excluding hydrogens is 406 g/mol. The highest BCUT2D eigenvalue weighted by Gasteiger charge is 2.22. The Morgan fingerprint density at radius 3 is 2.31 bits per heavy atom. The molecule has 0 aliphatic rings. The molecule has 2 rings (SSSR count). The fourth-order valence-electron chi connectivity index (χ4n) is 2.33. The van der Waals surface area contributed by atoms with Crippen molar-refractivity contribution in [3.8, 4) is 11.5 Å². The van der Waals surface area contributed by atoms with E-state index in [1.807, 2.05) is 0 Å². The van der Waals surface area contributed by atoms with Crippen LogP contribution in [0.2, 0.25) is 0 Å². The van der Waals surface area contributed by atoms with Gasteiger partial charge in [-0.15, -0.1) is 0 Å². The molecular formula is C18H19NO9S. The number of carboxylic acids is 2. The first-order valence-corrected chi connectivity index (χ1v) is 9.61. The summed E-state index contributed by atoms with van der Waals surface area (Å²) in [6.07, 6.45) is 0. The number of sulfonamides is 1. The molecule has 0 saturated carbocycles. The maximum absolute atomic E-state index is 12.7. The van der Waals surface area contributed by atoms with Crippen LogP contribution in [0.3, 0.4) is 0 Å². The second kappa shape index (κ2) is 9.26. The van der Waals surface area contributed by atoms with Gasteiger partial charge < -0.3 is 24.4 Å². The summed E-state index contributed by atoms with van der Waals surface area (Å²) in [5.41, 5.74) is -0.880. The molecule has 0 unspecified atom stereocenters. The van der Waals surface area contributed by atoms with Gasteiger partial charge in [0.2, 0.25) is 0 Å². The first-order valence-electron chi connectivity index (χ1n) is 8.13. The van der Waals surface area contributed by atoms with Crippen molar-refractivity contribution in [3.05, 3.63) is 47.5 Å². The van der Waals surface area contributed by atoms with Gasteiger partial charge in [-0.3, -0.25) is 4.72 Å². The Kier molecular flexibility index (Phi) is 7.02. The summed E-state index contributed by atoms with van der Waals surface area (Å²) in [5, 5.41) is 18.5. The average molecular weight is 425 g/mol. The smallest absolute Gasteiger partial charge is 0.337 e. The SMILES string of the molecule is COCCOc1cc(NS(=O)(=O)c2cccc(C(=O)O)c2)c(C(=O)O)cc1OC. The molecule has 10 nitrogen and oxygen atoms in total. The molecule has 11 heteroatoms. The fraction of sp³-hybridized carbons (Fsp3) is 0.222. The van der Waals surface area contributed by atoms with Crippen molar-refractivity contribution in [2.45, 2.75) is 4.90 Å². The van der Waals surface area contributed by atoms with Crippen molar-refractivity contribution >= 4 is 27.6 Å². The molecule has 29 heavy (non-hydrogen) atoms. The van der Waals surface area contributed by atoms with Crippen LogP contribution in [0.25, 0.3) is 0 Å². The van der Waals surface area contributed by atoms with Crippen molar-refractivity contribution in [1.82, 2.24) is 0 Å². The Hall–Kier alpha value is -3.31. The number of hydrogen-bond acceptors (Lipinski definition) is 7. The van der Waals surface area contributed by atoms with Crippen LogP contribution in [-0.4, -0.2) is 58.0 Å². The fourth-order valence-corrected chi connectivity index (χ4v) is 3.44. The van der Waals surface area contributed by atoms with E-state index < -0.39 is 22.0 Å². The standard InChI is InChI=1S/C18H19NO9S/c1-26-6-7-28-16-10-14(13(18(22)23)9-15(16)27-2)19-29(24,25)12-5-3-4-11(8-12)17(20)21/h3-5,8-10,19H,6-7H2,1-2H3,(H,20,21)(H,22,23). The molecule has 0 spiro atoms. The zero-order chi connectivity index (χ0) is 21.6. The number of ether oxygens (including phenoxy) is 3. The van der Waals surface area contributed by atoms with Crippen LogP contribution >= 0.6 is 0 Å². The van der Waals surface area contributed by atoms with E-state index in [0.29, 0.717) is 0 Å². The van der Waals surface area contributed by atoms with Crippen LogP contribution < -0.4 is 14.2 Å². The molecule has 2 aromatic rings. The summed E-state index contributed by atoms with van der Waals surface area (Å²) in [6.45, 7) is 0.360. The molecule has 0 aliphatic carbocycles. The lowest BCUT2D eigenvalue weighted by atomic mass is 10.1. The molecule has 0 heterocycles. The van der Waals surface area contributed by atoms with Crippen LogP contribution in [-0.2, 0) is 14.8 Å². The molecule has 3 N–H and O–H groups in total. The van der Waals surface area contributed by atoms with Gasteiger partial charge in [-0.1, -0.05) is 6.07 Å². The highest BCUT2D eigenvalue weighted by atomic mass is 32.2. The van der Waals surface area contributed by atoms with Gasteiger partial charge in [-0.05, 0) is 18.2 Å². The number of anilines is 1. The van der Waals surface area contributed by atoms with Crippen LogP contribution in [0.1, 0.15) is 20.7 Å². The molecule has 0 aliphatic heterocycles. The van der Waals surface area contributed by atoms with Gasteiger partial charge in [0, 0.05) is 19.2 Å². The number of benzene rings is 2. The van der Waals surface area contributed by atoms with Crippen LogP contribution in [0.15, 0.2) is 41.3 Å². The number of carboxylic acid groups (broad SMARTS) is 2. The second-order valence-electron chi connectivity index (χ2n) is 5.63. The molecule has 0 bridgehead atoms. The molecule has 0 saturated heterocycles. The number of nitrogens with one attached hydrogen (secondary N) is 1. The lowest BCUT2D eigenvalue weighted by molar-refractivity contribution is 0.0686. The maximum atomic E-state index is 12.7. The van der Waals surface area contributed by atoms with E-state index in [1.54, 1.807) is 0 Å². The van der Waals surface area contributed by atoms with Gasteiger partial charge in [0.25, 0.3) is 10.0 Å². The number of rotatable bonds is 10. The molecule has 156 valence electrons. The van der Waals surface area contributed by atoms with E-state index in [4.69, 9.17) is 19.3 Å². The Bertz CT molecular complexity index is 1020. The van der Waals surface area contributed by atoms with Crippen molar-refractivity contribution in [2.75, 3.05) is 32.2 Å². The van der Waals surface area contributed by atoms with Crippen molar-refractivity contribution in [2.24, 2.45) is 0 Å². The average Bonchev–Trinajstić information content (AvgIpc) is 2.68. The zero-order valence-electron chi connectivity index (χ0n) is 15.5. The lowest BCUT2D eigenvalue weighted by Gasteiger charge is -2.16. The minimum absolute atomic E-state index is 0.0920. The Labute approximate surface area is 166 Å². The minimum Gasteiger partial charge on any atom is -0.493 e. The number of methoxy groups -OCH3 is 2. The van der Waals surface area contributed by atoms with Crippen molar-refractivity contribution in [3.63, 3.8) is 0 Å². The Morgan fingerprint density at radius 1 is 1.00 bits per heavy atom. The largest absolute Gasteiger partial charge is 0.493 e. The highest BCUT2D eigenvalue weighted by Crippen LogP contribution is 2.34. The van der Waals surface area contributed by atoms with Gasteiger partial charge >= 0.3 is 11.9 Å². The zero-order valence-corrected chi connectivity index (χ0v) is 16.4. The molecule has 0 amide bonds. The number of carbonyl (C=O) groups is 2. The normalized spacial score (nSPS) is 11.0. The summed E-state index contributed by atoms with van der Waals surface area (Å²) in [7, 11) is -1.50. The van der Waals surface area contributed by atoms with Gasteiger partial charge in [0.05, 0.1) is 35.4 Å². The molecule has 0 aromatic heterocycles. The van der Waals surface area contributed by atoms with E-state index in [2.05, 4.69) is 4.72 Å². The summed E-state index contributed by atoms with van der Waals surface area (Å²) in [5.74, 6) is -2.50. The molecule has 0 atom stereocenters. The topological polar surface area (TPSA) is 148 Å². The van der Waals surface area contributed by atoms with Gasteiger partial charge in [0.15, 0.2) is 11.5 Å². The van der Waals surface area contributed by atoms with Crippen LogP contribution in [0, 0.1) is 0 Å². The first kappa shape index (κ1) is 22.0. The molecule has 2 aromatic carbocycles. The van der Waals surface area contributed by atoms with Gasteiger partial charge in [-0.25, -0.2) is 18.0 Å². The highest BCUT2D eigenvalue weighted by molar-refractivity contribution is 7.92. The summed E-state index contributed by atoms with van der Waals surface area (Å²) in [6, 6.07) is 6.95. The van der Waals surface area contributed by atoms with E-state index in [1.165, 1.54) is 38.5 Å². The van der Waals surface area contributed by atoms with Gasteiger partial charge in [-0.2, -0.15) is 0 Å². The van der Waals surface area contributed by atoms with E-state index in [9.17, 15) is 23.1 Å². The molecule has 0 radical (unpaired) electrons. The van der Waals surface area contributed by atoms with E-state index >= 15 is 0 Å². The predicted molar refractivity (Wildman–Crippen MR) is 102 cm³/mol. The summed E-state index contributed by atoms with van der Waals surface area (Å²) >= 11 is 0. The third kappa shape index (κ3) is 5.36. The van der Waals surface area contributed by atoms with Crippen molar-refractivity contribution < 1.29 is 42.4 Å². The summed E-state index contributed by atoms with van der Waals surface area (Å²) < 4.78 is 43.0. The van der Waals surface area contributed by atoms with Gasteiger partial charge in [0.1, 0.15) is 6.61 Å². The quantitative estimate of drug-likeness (QED) is 0.485.